The van der Waals surface area contributed by atoms with Gasteiger partial charge in [0, 0.05) is 10.2 Å². The number of amides is 1. The van der Waals surface area contributed by atoms with Gasteiger partial charge in [-0.05, 0) is 43.2 Å². The molecule has 1 amide bonds. The predicted molar refractivity (Wildman–Crippen MR) is 80.2 cm³/mol. The van der Waals surface area contributed by atoms with Crippen molar-refractivity contribution in [3.8, 4) is 0 Å². The lowest BCUT2D eigenvalue weighted by molar-refractivity contribution is 0.102. The first kappa shape index (κ1) is 14.5. The molecule has 20 heavy (non-hydrogen) atoms. The van der Waals surface area contributed by atoms with Crippen LogP contribution in [0.2, 0.25) is 0 Å². The van der Waals surface area contributed by atoms with Crippen molar-refractivity contribution in [3.05, 3.63) is 51.4 Å². The summed E-state index contributed by atoms with van der Waals surface area (Å²) < 4.78 is 14.1. The number of nitrogens with zero attached hydrogens (tertiary/aromatic N) is 1. The Kier molecular flexibility index (Phi) is 4.04. The maximum absolute atomic E-state index is 13.2. The molecule has 4 nitrogen and oxygen atoms in total. The molecule has 104 valence electrons. The fourth-order valence-electron chi connectivity index (χ4n) is 1.92. The molecular weight excluding hydrogens is 325 g/mol. The number of nitrogen functional groups attached to an aromatic ring is 1. The van der Waals surface area contributed by atoms with E-state index >= 15 is 0 Å². The molecule has 0 aliphatic rings. The van der Waals surface area contributed by atoms with Crippen molar-refractivity contribution in [1.82, 2.24) is 4.98 Å². The highest BCUT2D eigenvalue weighted by molar-refractivity contribution is 9.10. The zero-order valence-electron chi connectivity index (χ0n) is 11.0. The maximum Gasteiger partial charge on any atom is 0.259 e. The first-order chi connectivity index (χ1) is 9.38. The highest BCUT2D eigenvalue weighted by Gasteiger charge is 2.14. The molecule has 0 atom stereocenters. The number of nitrogens with two attached hydrogens (primary N) is 1. The highest BCUT2D eigenvalue weighted by atomic mass is 79.9. The second-order valence-corrected chi connectivity index (χ2v) is 5.37. The molecule has 2 rings (SSSR count). The number of carbonyl (C=O) groups is 1. The van der Waals surface area contributed by atoms with Crippen molar-refractivity contribution in [1.29, 1.82) is 0 Å². The van der Waals surface area contributed by atoms with E-state index in [4.69, 9.17) is 5.73 Å². The normalized spacial score (nSPS) is 10.4. The Morgan fingerprint density at radius 2 is 1.90 bits per heavy atom. The van der Waals surface area contributed by atoms with Crippen LogP contribution in [0.15, 0.2) is 28.9 Å². The smallest absolute Gasteiger partial charge is 0.259 e. The van der Waals surface area contributed by atoms with E-state index in [-0.39, 0.29) is 11.4 Å². The Labute approximate surface area is 124 Å². The number of hydrogen-bond acceptors (Lipinski definition) is 3. The summed E-state index contributed by atoms with van der Waals surface area (Å²) in [5.74, 6) is -1.09. The summed E-state index contributed by atoms with van der Waals surface area (Å²) in [6.07, 6.45) is 0.974. The number of aromatic nitrogens is 1. The molecule has 0 unspecified atom stereocenters. The van der Waals surface area contributed by atoms with Crippen LogP contribution in [-0.4, -0.2) is 10.9 Å². The van der Waals surface area contributed by atoms with Crippen LogP contribution in [0, 0.1) is 19.7 Å². The summed E-state index contributed by atoms with van der Waals surface area (Å²) in [7, 11) is 0. The number of anilines is 2. The Hall–Kier alpha value is -1.95. The van der Waals surface area contributed by atoms with Crippen LogP contribution < -0.4 is 11.1 Å². The van der Waals surface area contributed by atoms with E-state index in [2.05, 4.69) is 26.2 Å². The third-order valence-corrected chi connectivity index (χ3v) is 3.32. The van der Waals surface area contributed by atoms with Crippen molar-refractivity contribution in [2.75, 3.05) is 11.1 Å². The van der Waals surface area contributed by atoms with Gasteiger partial charge in [-0.25, -0.2) is 9.37 Å². The molecule has 0 spiro atoms. The van der Waals surface area contributed by atoms with Gasteiger partial charge in [-0.3, -0.25) is 4.79 Å². The minimum atomic E-state index is -0.603. The third kappa shape index (κ3) is 2.96. The molecule has 0 radical (unpaired) electrons. The molecule has 0 aliphatic carbocycles. The predicted octanol–water partition coefficient (Wildman–Crippen LogP) is 3.43. The minimum absolute atomic E-state index is 0.00341. The second kappa shape index (κ2) is 5.58. The quantitative estimate of drug-likeness (QED) is 0.881. The summed E-state index contributed by atoms with van der Waals surface area (Å²) in [5.41, 5.74) is 8.09. The Balaban J connectivity index is 2.35. The number of carbonyl (C=O) groups excluding carboxylic acids is 1. The van der Waals surface area contributed by atoms with Crippen molar-refractivity contribution in [3.63, 3.8) is 0 Å². The van der Waals surface area contributed by atoms with Gasteiger partial charge < -0.3 is 11.1 Å². The lowest BCUT2D eigenvalue weighted by Crippen LogP contribution is -2.16. The molecule has 0 saturated carbocycles. The van der Waals surface area contributed by atoms with Gasteiger partial charge in [-0.15, -0.1) is 0 Å². The van der Waals surface area contributed by atoms with Gasteiger partial charge in [0.1, 0.15) is 11.6 Å². The average molecular weight is 338 g/mol. The van der Waals surface area contributed by atoms with Gasteiger partial charge in [-0.1, -0.05) is 15.9 Å². The standard InChI is InChI=1S/C14H13BrFN3O/c1-7-3-9(15)4-8(2)12(7)19-14(20)11-5-10(16)6-18-13(11)17/h3-6H,1-2H3,(H2,17,18)(H,19,20). The van der Waals surface area contributed by atoms with E-state index in [1.807, 2.05) is 26.0 Å². The molecule has 3 N–H and O–H groups in total. The van der Waals surface area contributed by atoms with Gasteiger partial charge in [-0.2, -0.15) is 0 Å². The fraction of sp³-hybridized carbons (Fsp3) is 0.143. The first-order valence-electron chi connectivity index (χ1n) is 5.87. The Morgan fingerprint density at radius 1 is 1.30 bits per heavy atom. The van der Waals surface area contributed by atoms with E-state index < -0.39 is 11.7 Å². The number of rotatable bonds is 2. The zero-order valence-corrected chi connectivity index (χ0v) is 12.6. The lowest BCUT2D eigenvalue weighted by Gasteiger charge is -2.13. The molecule has 0 bridgehead atoms. The van der Waals surface area contributed by atoms with Crippen LogP contribution in [0.1, 0.15) is 21.5 Å². The van der Waals surface area contributed by atoms with Crippen LogP contribution in [0.3, 0.4) is 0 Å². The lowest BCUT2D eigenvalue weighted by atomic mass is 10.1. The van der Waals surface area contributed by atoms with Crippen LogP contribution in [-0.2, 0) is 0 Å². The number of hydrogen-bond donors (Lipinski definition) is 2. The molecule has 6 heteroatoms. The maximum atomic E-state index is 13.2. The summed E-state index contributed by atoms with van der Waals surface area (Å²) in [4.78, 5) is 15.8. The molecule has 0 saturated heterocycles. The van der Waals surface area contributed by atoms with E-state index in [9.17, 15) is 9.18 Å². The summed E-state index contributed by atoms with van der Waals surface area (Å²) in [6.45, 7) is 3.75. The summed E-state index contributed by atoms with van der Waals surface area (Å²) >= 11 is 3.39. The number of nitrogens with one attached hydrogen (secondary N) is 1. The van der Waals surface area contributed by atoms with Crippen molar-refractivity contribution >= 4 is 33.3 Å². The van der Waals surface area contributed by atoms with Gasteiger partial charge in [0.2, 0.25) is 0 Å². The topological polar surface area (TPSA) is 68.0 Å². The third-order valence-electron chi connectivity index (χ3n) is 2.87. The van der Waals surface area contributed by atoms with Gasteiger partial charge in [0.05, 0.1) is 11.8 Å². The SMILES string of the molecule is Cc1cc(Br)cc(C)c1NC(=O)c1cc(F)cnc1N. The number of benzene rings is 1. The molecule has 1 aromatic carbocycles. The molecule has 1 aromatic heterocycles. The zero-order chi connectivity index (χ0) is 14.9. The largest absolute Gasteiger partial charge is 0.383 e. The average Bonchev–Trinajstić information content (AvgIpc) is 2.36. The second-order valence-electron chi connectivity index (χ2n) is 4.46. The first-order valence-corrected chi connectivity index (χ1v) is 6.67. The molecule has 0 aliphatic heterocycles. The summed E-state index contributed by atoms with van der Waals surface area (Å²) in [5, 5.41) is 2.74. The van der Waals surface area contributed by atoms with Crippen molar-refractivity contribution in [2.45, 2.75) is 13.8 Å². The van der Waals surface area contributed by atoms with Crippen molar-refractivity contribution < 1.29 is 9.18 Å². The van der Waals surface area contributed by atoms with E-state index in [1.54, 1.807) is 0 Å². The number of aryl methyl sites for hydroxylation is 2. The molecule has 1 heterocycles. The molecule has 0 fully saturated rings. The van der Waals surface area contributed by atoms with Gasteiger partial charge in [0.25, 0.3) is 5.91 Å². The van der Waals surface area contributed by atoms with Crippen LogP contribution >= 0.6 is 15.9 Å². The van der Waals surface area contributed by atoms with Crippen LogP contribution in [0.25, 0.3) is 0 Å². The monoisotopic (exact) mass is 337 g/mol. The number of halogens is 2. The van der Waals surface area contributed by atoms with E-state index in [0.29, 0.717) is 5.69 Å². The molecular formula is C14H13BrFN3O. The van der Waals surface area contributed by atoms with Crippen molar-refractivity contribution in [2.24, 2.45) is 0 Å². The van der Waals surface area contributed by atoms with E-state index in [0.717, 1.165) is 27.9 Å². The Bertz CT molecular complexity index is 665. The fourth-order valence-corrected chi connectivity index (χ4v) is 2.61. The highest BCUT2D eigenvalue weighted by Crippen LogP contribution is 2.26. The summed E-state index contributed by atoms with van der Waals surface area (Å²) in [6, 6.07) is 4.84. The van der Waals surface area contributed by atoms with E-state index in [1.165, 1.54) is 0 Å². The van der Waals surface area contributed by atoms with Crippen LogP contribution in [0.5, 0.6) is 0 Å². The molecule has 2 aromatic rings. The van der Waals surface area contributed by atoms with Gasteiger partial charge in [0.15, 0.2) is 0 Å². The van der Waals surface area contributed by atoms with Crippen LogP contribution in [0.4, 0.5) is 15.9 Å². The Morgan fingerprint density at radius 3 is 2.50 bits per heavy atom. The number of pyridine rings is 1. The minimum Gasteiger partial charge on any atom is -0.383 e. The van der Waals surface area contributed by atoms with Gasteiger partial charge >= 0.3 is 0 Å².